The molecule has 1 aromatic rings. The SMILES string of the molecule is CC1(C)C2CN(C(=O)[C@@H](NC(=O)C(F)(F)F)C(C)(C)C)C(C(=O)N[C@H](C#N)CC3C(=C=O)Nc4ncccc43)C21. The highest BCUT2D eigenvalue weighted by atomic mass is 19.4. The number of likely N-dealkylation sites (tertiary alicyclic amines) is 1. The van der Waals surface area contributed by atoms with E-state index in [2.05, 4.69) is 15.6 Å². The second-order valence-corrected chi connectivity index (χ2v) is 12.2. The highest BCUT2D eigenvalue weighted by molar-refractivity contribution is 5.95. The number of hydrogen-bond donors (Lipinski definition) is 3. The fraction of sp³-hybridized carbons (Fsp3) is 0.593. The first-order valence-electron chi connectivity index (χ1n) is 12.9. The van der Waals surface area contributed by atoms with Crippen LogP contribution in [0.1, 0.15) is 52.5 Å². The molecule has 0 spiro atoms. The zero-order chi connectivity index (χ0) is 29.8. The van der Waals surface area contributed by atoms with Crippen LogP contribution in [0.15, 0.2) is 24.0 Å². The van der Waals surface area contributed by atoms with Crippen LogP contribution in [-0.2, 0) is 19.2 Å². The van der Waals surface area contributed by atoms with Gasteiger partial charge in [0.2, 0.25) is 11.8 Å². The first-order chi connectivity index (χ1) is 18.5. The number of alkyl halides is 3. The van der Waals surface area contributed by atoms with E-state index in [1.807, 2.05) is 31.2 Å². The molecule has 10 nitrogen and oxygen atoms in total. The predicted octanol–water partition coefficient (Wildman–Crippen LogP) is 2.28. The van der Waals surface area contributed by atoms with E-state index in [0.717, 1.165) is 0 Å². The van der Waals surface area contributed by atoms with Gasteiger partial charge in [-0.2, -0.15) is 18.4 Å². The third kappa shape index (κ3) is 5.16. The van der Waals surface area contributed by atoms with Gasteiger partial charge in [-0.1, -0.05) is 40.7 Å². The van der Waals surface area contributed by atoms with Gasteiger partial charge in [-0.25, -0.2) is 9.78 Å². The molecule has 1 aliphatic carbocycles. The molecule has 6 atom stereocenters. The molecule has 1 saturated carbocycles. The third-order valence-corrected chi connectivity index (χ3v) is 8.28. The Morgan fingerprint density at radius 3 is 2.50 bits per heavy atom. The first-order valence-corrected chi connectivity index (χ1v) is 12.9. The number of hydrogen-bond acceptors (Lipinski definition) is 7. The second-order valence-electron chi connectivity index (χ2n) is 12.2. The van der Waals surface area contributed by atoms with Crippen molar-refractivity contribution in [1.82, 2.24) is 20.5 Å². The number of piperidine rings is 1. The lowest BCUT2D eigenvalue weighted by atomic mass is 9.85. The predicted molar refractivity (Wildman–Crippen MR) is 136 cm³/mol. The number of halogens is 3. The molecule has 3 heterocycles. The molecular formula is C27H31F3N6O4. The molecule has 2 aliphatic heterocycles. The topological polar surface area (TPSA) is 144 Å². The van der Waals surface area contributed by atoms with Gasteiger partial charge < -0.3 is 20.9 Å². The van der Waals surface area contributed by atoms with Crippen molar-refractivity contribution in [1.29, 1.82) is 5.26 Å². The number of rotatable bonds is 6. The number of carbonyl (C=O) groups is 3. The number of nitrogens with one attached hydrogen (secondary N) is 3. The van der Waals surface area contributed by atoms with E-state index in [-0.39, 0.29) is 35.9 Å². The van der Waals surface area contributed by atoms with E-state index >= 15 is 0 Å². The number of pyridine rings is 1. The van der Waals surface area contributed by atoms with Crippen molar-refractivity contribution in [2.45, 2.75) is 71.3 Å². The molecule has 3 N–H and O–H groups in total. The molecule has 13 heteroatoms. The number of anilines is 1. The Kier molecular flexibility index (Phi) is 7.22. The number of carbonyl (C=O) groups excluding carboxylic acids is 4. The molecule has 1 saturated heterocycles. The van der Waals surface area contributed by atoms with Crippen molar-refractivity contribution < 1.29 is 32.3 Å². The summed E-state index contributed by atoms with van der Waals surface area (Å²) in [6.45, 7) is 8.57. The number of aromatic nitrogens is 1. The summed E-state index contributed by atoms with van der Waals surface area (Å²) >= 11 is 0. The lowest BCUT2D eigenvalue weighted by Gasteiger charge is -2.37. The van der Waals surface area contributed by atoms with Gasteiger partial charge in [0.05, 0.1) is 6.07 Å². The quantitative estimate of drug-likeness (QED) is 0.453. The Morgan fingerprint density at radius 2 is 1.93 bits per heavy atom. The molecule has 0 radical (unpaired) electrons. The summed E-state index contributed by atoms with van der Waals surface area (Å²) in [6.07, 6.45) is -3.61. The van der Waals surface area contributed by atoms with Crippen LogP contribution in [0.5, 0.6) is 0 Å². The summed E-state index contributed by atoms with van der Waals surface area (Å²) < 4.78 is 39.1. The van der Waals surface area contributed by atoms with Gasteiger partial charge >= 0.3 is 12.1 Å². The van der Waals surface area contributed by atoms with E-state index in [1.165, 1.54) is 25.7 Å². The largest absolute Gasteiger partial charge is 0.471 e. The minimum Gasteiger partial charge on any atom is -0.339 e. The molecule has 2 fully saturated rings. The molecule has 4 unspecified atom stereocenters. The Hall–Kier alpha value is -3.91. The monoisotopic (exact) mass is 560 g/mol. The molecule has 3 aliphatic rings. The average Bonchev–Trinajstić information content (AvgIpc) is 3.21. The van der Waals surface area contributed by atoms with Gasteiger partial charge in [-0.05, 0) is 35.2 Å². The van der Waals surface area contributed by atoms with E-state index < -0.39 is 53.4 Å². The van der Waals surface area contributed by atoms with Crippen molar-refractivity contribution >= 4 is 29.5 Å². The summed E-state index contributed by atoms with van der Waals surface area (Å²) in [5, 5.41) is 17.2. The highest BCUT2D eigenvalue weighted by Crippen LogP contribution is 2.65. The fourth-order valence-electron chi connectivity index (χ4n) is 5.99. The fourth-order valence-corrected chi connectivity index (χ4v) is 5.99. The minimum atomic E-state index is -5.19. The number of nitrogens with zero attached hydrogens (tertiary/aromatic N) is 3. The summed E-state index contributed by atoms with van der Waals surface area (Å²) in [7, 11) is 0. The second kappa shape index (κ2) is 9.93. The van der Waals surface area contributed by atoms with Crippen molar-refractivity contribution in [2.24, 2.45) is 22.7 Å². The number of nitriles is 1. The maximum absolute atomic E-state index is 13.6. The van der Waals surface area contributed by atoms with Gasteiger partial charge in [-0.3, -0.25) is 14.4 Å². The molecule has 0 bridgehead atoms. The number of amides is 3. The Balaban J connectivity index is 1.56. The maximum Gasteiger partial charge on any atom is 0.471 e. The van der Waals surface area contributed by atoms with Gasteiger partial charge in [0.25, 0.3) is 0 Å². The van der Waals surface area contributed by atoms with E-state index in [9.17, 15) is 37.6 Å². The van der Waals surface area contributed by atoms with Crippen LogP contribution in [-0.4, -0.2) is 64.4 Å². The van der Waals surface area contributed by atoms with Crippen LogP contribution >= 0.6 is 0 Å². The number of allylic oxidation sites excluding steroid dienone is 1. The maximum atomic E-state index is 13.6. The van der Waals surface area contributed by atoms with Crippen LogP contribution < -0.4 is 16.0 Å². The molecule has 0 aromatic carbocycles. The van der Waals surface area contributed by atoms with Crippen LogP contribution in [0.4, 0.5) is 19.0 Å². The van der Waals surface area contributed by atoms with Crippen LogP contribution in [0.2, 0.25) is 0 Å². The number of fused-ring (bicyclic) bond motifs is 2. The lowest BCUT2D eigenvalue weighted by Crippen LogP contribution is -2.61. The molecular weight excluding hydrogens is 529 g/mol. The van der Waals surface area contributed by atoms with Crippen LogP contribution in [0, 0.1) is 34.0 Å². The normalized spacial score (nSPS) is 25.9. The standard InChI is InChI=1S/C27H31F3N6O4/c1-25(2,3)20(35-24(40)27(28,29)30)23(39)36-11-16-18(26(16,4)5)19(36)22(38)33-13(10-31)9-15-14-7-6-8-32-21(14)34-17(15)12-37/h6-8,13,15-16,18-20H,9,11H2,1-5H3,(H,32,34)(H,33,38)(H,35,40)/t13-,15?,16?,18?,19?,20+/m0/s1. The van der Waals surface area contributed by atoms with E-state index in [1.54, 1.807) is 18.3 Å². The molecule has 3 amide bonds. The smallest absolute Gasteiger partial charge is 0.339 e. The van der Waals surface area contributed by atoms with Gasteiger partial charge in [-0.15, -0.1) is 0 Å². The summed E-state index contributed by atoms with van der Waals surface area (Å²) in [5.41, 5.74) is -0.548. The molecule has 40 heavy (non-hydrogen) atoms. The Bertz CT molecular complexity index is 1320. The van der Waals surface area contributed by atoms with Gasteiger partial charge in [0.1, 0.15) is 35.6 Å². The van der Waals surface area contributed by atoms with Crippen molar-refractivity contribution in [3.63, 3.8) is 0 Å². The van der Waals surface area contributed by atoms with Crippen LogP contribution in [0.3, 0.4) is 0 Å². The Morgan fingerprint density at radius 1 is 1.25 bits per heavy atom. The minimum absolute atomic E-state index is 0.0307. The van der Waals surface area contributed by atoms with Crippen molar-refractivity contribution in [2.75, 3.05) is 11.9 Å². The van der Waals surface area contributed by atoms with Gasteiger partial charge in [0, 0.05) is 24.2 Å². The van der Waals surface area contributed by atoms with Crippen molar-refractivity contribution in [3.05, 3.63) is 29.6 Å². The summed E-state index contributed by atoms with van der Waals surface area (Å²) in [6, 6.07) is 1.81. The molecule has 4 rings (SSSR count). The Labute approximate surface area is 229 Å². The third-order valence-electron chi connectivity index (χ3n) is 8.28. The summed E-state index contributed by atoms with van der Waals surface area (Å²) in [5.74, 6) is -2.31. The van der Waals surface area contributed by atoms with E-state index in [4.69, 9.17) is 0 Å². The average molecular weight is 561 g/mol. The van der Waals surface area contributed by atoms with Gasteiger partial charge in [0.15, 0.2) is 0 Å². The van der Waals surface area contributed by atoms with Crippen molar-refractivity contribution in [3.8, 4) is 6.07 Å². The zero-order valence-corrected chi connectivity index (χ0v) is 22.7. The summed E-state index contributed by atoms with van der Waals surface area (Å²) in [4.78, 5) is 56.0. The molecule has 214 valence electrons. The van der Waals surface area contributed by atoms with E-state index in [0.29, 0.717) is 11.4 Å². The zero-order valence-electron chi connectivity index (χ0n) is 22.7. The first kappa shape index (κ1) is 29.1. The molecule has 1 aromatic heterocycles. The van der Waals surface area contributed by atoms with Crippen LogP contribution in [0.25, 0.3) is 0 Å². The highest BCUT2D eigenvalue weighted by Gasteiger charge is 2.70. The lowest BCUT2D eigenvalue weighted by molar-refractivity contribution is -0.176.